The van der Waals surface area contributed by atoms with E-state index in [-0.39, 0.29) is 0 Å². The van der Waals surface area contributed by atoms with Crippen LogP contribution in [0.4, 0.5) is 0 Å². The van der Waals surface area contributed by atoms with E-state index < -0.39 is 5.41 Å². The Labute approximate surface area is 410 Å². The average Bonchev–Trinajstić information content (AvgIpc) is 3.75. The van der Waals surface area contributed by atoms with E-state index in [1.807, 2.05) is 24.5 Å². The van der Waals surface area contributed by atoms with E-state index in [9.17, 15) is 0 Å². The van der Waals surface area contributed by atoms with Gasteiger partial charge in [-0.1, -0.05) is 188 Å². The maximum atomic E-state index is 5.46. The molecular formula is C68H41N3. The van der Waals surface area contributed by atoms with Crippen molar-refractivity contribution in [1.82, 2.24) is 15.0 Å². The molecule has 15 rings (SSSR count). The van der Waals surface area contributed by atoms with Crippen LogP contribution in [0.15, 0.2) is 249 Å². The van der Waals surface area contributed by atoms with Gasteiger partial charge in [0.25, 0.3) is 0 Å². The first-order chi connectivity index (χ1) is 35.2. The zero-order chi connectivity index (χ0) is 46.6. The molecule has 0 aliphatic heterocycles. The molecule has 0 atom stereocenters. The van der Waals surface area contributed by atoms with Gasteiger partial charge >= 0.3 is 0 Å². The molecule has 3 aromatic heterocycles. The van der Waals surface area contributed by atoms with Crippen LogP contribution in [0, 0.1) is 0 Å². The van der Waals surface area contributed by atoms with Crippen molar-refractivity contribution in [2.45, 2.75) is 5.41 Å². The Bertz CT molecular complexity index is 4440. The third-order valence-corrected chi connectivity index (χ3v) is 15.4. The Morgan fingerprint density at radius 2 is 0.831 bits per heavy atom. The zero-order valence-electron chi connectivity index (χ0n) is 38.5. The number of fused-ring (bicyclic) bond motifs is 15. The topological polar surface area (TPSA) is 38.7 Å². The molecule has 0 amide bonds. The average molecular weight is 900 g/mol. The van der Waals surface area contributed by atoms with Crippen LogP contribution in [0.3, 0.4) is 0 Å². The van der Waals surface area contributed by atoms with Crippen molar-refractivity contribution < 1.29 is 0 Å². The number of hydrogen-bond acceptors (Lipinski definition) is 3. The highest BCUT2D eigenvalue weighted by Crippen LogP contribution is 2.57. The Balaban J connectivity index is 0.871. The van der Waals surface area contributed by atoms with Gasteiger partial charge < -0.3 is 0 Å². The second-order valence-corrected chi connectivity index (χ2v) is 19.0. The fourth-order valence-electron chi connectivity index (χ4n) is 12.2. The molecule has 3 heteroatoms. The molecule has 0 saturated heterocycles. The minimum atomic E-state index is -0.488. The lowest BCUT2D eigenvalue weighted by molar-refractivity contribution is 0.769. The van der Waals surface area contributed by atoms with Gasteiger partial charge in [0.2, 0.25) is 0 Å². The summed E-state index contributed by atoms with van der Waals surface area (Å²) in [5.74, 6) is 0. The number of nitrogens with zero attached hydrogens (tertiary/aromatic N) is 3. The summed E-state index contributed by atoms with van der Waals surface area (Å²) in [6.45, 7) is 0. The van der Waals surface area contributed by atoms with Gasteiger partial charge in [0.1, 0.15) is 0 Å². The number of aromatic nitrogens is 3. The van der Waals surface area contributed by atoms with Crippen molar-refractivity contribution >= 4 is 75.8 Å². The molecular weight excluding hydrogens is 859 g/mol. The van der Waals surface area contributed by atoms with Crippen molar-refractivity contribution in [2.75, 3.05) is 0 Å². The van der Waals surface area contributed by atoms with E-state index in [0.717, 1.165) is 66.0 Å². The molecule has 14 aromatic rings. The van der Waals surface area contributed by atoms with Crippen LogP contribution >= 0.6 is 0 Å². The Morgan fingerprint density at radius 3 is 1.58 bits per heavy atom. The van der Waals surface area contributed by atoms with E-state index in [1.165, 1.54) is 76.6 Å². The first-order valence-electron chi connectivity index (χ1n) is 24.4. The molecule has 1 aliphatic rings. The summed E-state index contributed by atoms with van der Waals surface area (Å²) in [6, 6.07) is 87.0. The molecule has 0 unspecified atom stereocenters. The van der Waals surface area contributed by atoms with Crippen LogP contribution in [0.2, 0.25) is 0 Å². The number of pyridine rings is 3. The molecule has 328 valence electrons. The van der Waals surface area contributed by atoms with Gasteiger partial charge in [0.05, 0.1) is 27.7 Å². The Hall–Kier alpha value is -9.31. The second-order valence-electron chi connectivity index (χ2n) is 19.0. The summed E-state index contributed by atoms with van der Waals surface area (Å²) in [5.41, 5.74) is 16.7. The molecule has 0 saturated carbocycles. The highest BCUT2D eigenvalue weighted by Gasteiger charge is 2.46. The largest absolute Gasteiger partial charge is 0.254 e. The molecule has 0 bridgehead atoms. The highest BCUT2D eigenvalue weighted by atomic mass is 14.7. The minimum Gasteiger partial charge on any atom is -0.254 e. The lowest BCUT2D eigenvalue weighted by Gasteiger charge is -2.34. The predicted molar refractivity (Wildman–Crippen MR) is 296 cm³/mol. The van der Waals surface area contributed by atoms with E-state index in [2.05, 4.69) is 224 Å². The Kier molecular flexibility index (Phi) is 8.57. The van der Waals surface area contributed by atoms with Crippen LogP contribution in [-0.4, -0.2) is 15.0 Å². The summed E-state index contributed by atoms with van der Waals surface area (Å²) in [4.78, 5) is 15.0. The molecule has 3 heterocycles. The number of para-hydroxylation sites is 1. The lowest BCUT2D eigenvalue weighted by Crippen LogP contribution is -2.28. The number of rotatable bonds is 5. The standard InChI is InChI=1S/C68H41N3/c1-3-16-47(17-4-1)68(48-18-5-2-6-19-48)62-25-11-9-22-53(62)60-40-61-59(41-63(60)68)54-23-10-12-26-64(54)71-65(61)43-29-27-42(28-30-43)44-31-33-51-52-34-32-45(38-58(52)50-21-8-7-20-49(50)57(51)37-44)56-39-46-15-13-35-69-66(46)67-55(56)24-14-36-70-67/h1-41H. The van der Waals surface area contributed by atoms with Crippen LogP contribution in [0.25, 0.3) is 120 Å². The maximum Gasteiger partial charge on any atom is 0.0970 e. The van der Waals surface area contributed by atoms with Crippen molar-refractivity contribution in [3.8, 4) is 44.6 Å². The number of hydrogen-bond donors (Lipinski definition) is 0. The molecule has 1 aliphatic carbocycles. The molecule has 3 nitrogen and oxygen atoms in total. The first kappa shape index (κ1) is 39.7. The molecule has 71 heavy (non-hydrogen) atoms. The van der Waals surface area contributed by atoms with Crippen molar-refractivity contribution in [2.24, 2.45) is 0 Å². The third kappa shape index (κ3) is 5.81. The number of benzene rings is 11. The smallest absolute Gasteiger partial charge is 0.0970 e. The third-order valence-electron chi connectivity index (χ3n) is 15.4. The SMILES string of the molecule is c1ccc(C2(c3ccccc3)c3ccccc3-c3cc4c(-c5ccc(-c6ccc7c8ccc(-c9cc%10cccnc%10c%10ncccc9%10)cc8c8ccccc8c7c6)cc5)nc5ccccc5c4cc32)cc1. The van der Waals surface area contributed by atoms with Crippen LogP contribution < -0.4 is 0 Å². The quantitative estimate of drug-likeness (QED) is 0.162. The van der Waals surface area contributed by atoms with Gasteiger partial charge in [0.15, 0.2) is 0 Å². The van der Waals surface area contributed by atoms with Crippen LogP contribution in [0.1, 0.15) is 22.3 Å². The molecule has 0 N–H and O–H groups in total. The summed E-state index contributed by atoms with van der Waals surface area (Å²) in [7, 11) is 0. The van der Waals surface area contributed by atoms with Crippen molar-refractivity contribution in [3.05, 3.63) is 271 Å². The maximum absolute atomic E-state index is 5.46. The fraction of sp³-hybridized carbons (Fsp3) is 0.0147. The van der Waals surface area contributed by atoms with Crippen LogP contribution in [-0.2, 0) is 5.41 Å². The van der Waals surface area contributed by atoms with E-state index >= 15 is 0 Å². The second kappa shape index (κ2) is 15.3. The molecule has 0 fully saturated rings. The molecule has 0 radical (unpaired) electrons. The van der Waals surface area contributed by atoms with Crippen molar-refractivity contribution in [3.63, 3.8) is 0 Å². The van der Waals surface area contributed by atoms with E-state index in [1.54, 1.807) is 0 Å². The van der Waals surface area contributed by atoms with Gasteiger partial charge in [-0.25, -0.2) is 4.98 Å². The monoisotopic (exact) mass is 899 g/mol. The summed E-state index contributed by atoms with van der Waals surface area (Å²) < 4.78 is 0. The normalized spacial score (nSPS) is 12.9. The first-order valence-corrected chi connectivity index (χ1v) is 24.4. The molecule has 0 spiro atoms. The Morgan fingerprint density at radius 1 is 0.282 bits per heavy atom. The highest BCUT2D eigenvalue weighted by molar-refractivity contribution is 6.26. The van der Waals surface area contributed by atoms with Gasteiger partial charge in [-0.05, 0) is 142 Å². The lowest BCUT2D eigenvalue weighted by atomic mass is 9.67. The minimum absolute atomic E-state index is 0.488. The fourth-order valence-corrected chi connectivity index (χ4v) is 12.2. The predicted octanol–water partition coefficient (Wildman–Crippen LogP) is 17.3. The summed E-state index contributed by atoms with van der Waals surface area (Å²) in [6.07, 6.45) is 3.71. The van der Waals surface area contributed by atoms with E-state index in [0.29, 0.717) is 0 Å². The van der Waals surface area contributed by atoms with Gasteiger partial charge in [-0.15, -0.1) is 0 Å². The summed E-state index contributed by atoms with van der Waals surface area (Å²) in [5, 5.41) is 13.1. The van der Waals surface area contributed by atoms with Gasteiger partial charge in [-0.3, -0.25) is 9.97 Å². The van der Waals surface area contributed by atoms with Gasteiger partial charge in [-0.2, -0.15) is 0 Å². The molecule has 11 aromatic carbocycles. The van der Waals surface area contributed by atoms with Gasteiger partial charge in [0, 0.05) is 39.5 Å². The van der Waals surface area contributed by atoms with E-state index in [4.69, 9.17) is 15.0 Å². The zero-order valence-corrected chi connectivity index (χ0v) is 38.5. The van der Waals surface area contributed by atoms with Crippen LogP contribution in [0.5, 0.6) is 0 Å². The summed E-state index contributed by atoms with van der Waals surface area (Å²) >= 11 is 0. The van der Waals surface area contributed by atoms with Crippen molar-refractivity contribution in [1.29, 1.82) is 0 Å².